The van der Waals surface area contributed by atoms with E-state index in [0.717, 1.165) is 37.6 Å². The van der Waals surface area contributed by atoms with E-state index >= 15 is 0 Å². The van der Waals surface area contributed by atoms with E-state index in [1.165, 1.54) is 0 Å². The summed E-state index contributed by atoms with van der Waals surface area (Å²) in [5.74, 6) is 0.933. The van der Waals surface area contributed by atoms with Gasteiger partial charge in [0.15, 0.2) is 0 Å². The van der Waals surface area contributed by atoms with E-state index in [1.54, 1.807) is 7.11 Å². The number of carbonyl (C=O) groups is 1. The van der Waals surface area contributed by atoms with Crippen LogP contribution in [-0.4, -0.2) is 50.8 Å². The highest BCUT2D eigenvalue weighted by Gasteiger charge is 2.25. The van der Waals surface area contributed by atoms with Gasteiger partial charge in [0.1, 0.15) is 5.75 Å². The normalized spacial score (nSPS) is 17.2. The van der Waals surface area contributed by atoms with Crippen molar-refractivity contribution in [1.82, 2.24) is 10.2 Å². The molecule has 5 nitrogen and oxygen atoms in total. The van der Waals surface area contributed by atoms with Crippen molar-refractivity contribution in [3.05, 3.63) is 29.8 Å². The highest BCUT2D eigenvalue weighted by molar-refractivity contribution is 5.75. The number of hydrogen-bond acceptors (Lipinski definition) is 4. The highest BCUT2D eigenvalue weighted by Crippen LogP contribution is 2.29. The lowest BCUT2D eigenvalue weighted by atomic mass is 10.0. The SMILES string of the molecule is CCC(=O)NCC(c1ccccc1OC)N1CCOCC1. The number of amides is 1. The molecule has 1 aromatic carbocycles. The summed E-state index contributed by atoms with van der Waals surface area (Å²) in [5, 5.41) is 3.00. The van der Waals surface area contributed by atoms with Gasteiger partial charge in [-0.15, -0.1) is 0 Å². The second-order valence-corrected chi connectivity index (χ2v) is 5.06. The van der Waals surface area contributed by atoms with Crippen LogP contribution < -0.4 is 10.1 Å². The Hall–Kier alpha value is -1.59. The summed E-state index contributed by atoms with van der Waals surface area (Å²) in [6.45, 7) is 5.64. The van der Waals surface area contributed by atoms with E-state index < -0.39 is 0 Å². The molecule has 1 fully saturated rings. The average molecular weight is 292 g/mol. The Morgan fingerprint density at radius 1 is 1.38 bits per heavy atom. The molecule has 21 heavy (non-hydrogen) atoms. The number of hydrogen-bond donors (Lipinski definition) is 1. The smallest absolute Gasteiger partial charge is 0.219 e. The fourth-order valence-corrected chi connectivity index (χ4v) is 2.60. The maximum Gasteiger partial charge on any atom is 0.219 e. The van der Waals surface area contributed by atoms with Crippen molar-refractivity contribution in [2.24, 2.45) is 0 Å². The third-order valence-electron chi connectivity index (χ3n) is 3.80. The highest BCUT2D eigenvalue weighted by atomic mass is 16.5. The molecule has 116 valence electrons. The minimum absolute atomic E-state index is 0.0724. The number of morpholine rings is 1. The van der Waals surface area contributed by atoms with E-state index in [9.17, 15) is 4.79 Å². The van der Waals surface area contributed by atoms with Gasteiger partial charge in [0.2, 0.25) is 5.91 Å². The zero-order chi connectivity index (χ0) is 15.1. The molecule has 1 unspecified atom stereocenters. The number of benzene rings is 1. The van der Waals surface area contributed by atoms with Crippen LogP contribution in [0.3, 0.4) is 0 Å². The van der Waals surface area contributed by atoms with Crippen LogP contribution in [-0.2, 0) is 9.53 Å². The molecule has 0 aromatic heterocycles. The third kappa shape index (κ3) is 4.19. The molecule has 0 aliphatic carbocycles. The van der Waals surface area contributed by atoms with Crippen molar-refractivity contribution < 1.29 is 14.3 Å². The van der Waals surface area contributed by atoms with Crippen LogP contribution in [0.25, 0.3) is 0 Å². The first-order valence-corrected chi connectivity index (χ1v) is 7.47. The van der Waals surface area contributed by atoms with Crippen LogP contribution in [0.15, 0.2) is 24.3 Å². The van der Waals surface area contributed by atoms with Crippen molar-refractivity contribution in [1.29, 1.82) is 0 Å². The summed E-state index contributed by atoms with van der Waals surface area (Å²) in [6, 6.07) is 8.11. The second-order valence-electron chi connectivity index (χ2n) is 5.06. The predicted octanol–water partition coefficient (Wildman–Crippen LogP) is 1.59. The first-order valence-electron chi connectivity index (χ1n) is 7.47. The van der Waals surface area contributed by atoms with Gasteiger partial charge in [-0.05, 0) is 6.07 Å². The van der Waals surface area contributed by atoms with Gasteiger partial charge in [0.25, 0.3) is 0 Å². The molecular formula is C16H24N2O3. The zero-order valence-corrected chi connectivity index (χ0v) is 12.8. The van der Waals surface area contributed by atoms with Crippen LogP contribution in [0.5, 0.6) is 5.75 Å². The molecule has 5 heteroatoms. The number of carbonyl (C=O) groups excluding carboxylic acids is 1. The summed E-state index contributed by atoms with van der Waals surface area (Å²) in [4.78, 5) is 13.9. The molecule has 1 aliphatic heterocycles. The van der Waals surface area contributed by atoms with Crippen LogP contribution in [0, 0.1) is 0 Å². The average Bonchev–Trinajstić information content (AvgIpc) is 2.56. The van der Waals surface area contributed by atoms with Gasteiger partial charge in [-0.25, -0.2) is 0 Å². The molecule has 1 N–H and O–H groups in total. The molecular weight excluding hydrogens is 268 g/mol. The van der Waals surface area contributed by atoms with Gasteiger partial charge in [0, 0.05) is 31.6 Å². The molecule has 1 amide bonds. The number of nitrogens with zero attached hydrogens (tertiary/aromatic N) is 1. The Morgan fingerprint density at radius 2 is 2.10 bits per heavy atom. The minimum atomic E-state index is 0.0724. The van der Waals surface area contributed by atoms with Crippen LogP contribution >= 0.6 is 0 Å². The second kappa shape index (κ2) is 8.00. The van der Waals surface area contributed by atoms with Crippen molar-refractivity contribution in [3.8, 4) is 5.75 Å². The quantitative estimate of drug-likeness (QED) is 0.865. The summed E-state index contributed by atoms with van der Waals surface area (Å²) >= 11 is 0. The molecule has 1 heterocycles. The number of nitrogens with one attached hydrogen (secondary N) is 1. The van der Waals surface area contributed by atoms with Crippen molar-refractivity contribution in [2.75, 3.05) is 40.0 Å². The van der Waals surface area contributed by atoms with Gasteiger partial charge >= 0.3 is 0 Å². The van der Waals surface area contributed by atoms with Gasteiger partial charge < -0.3 is 14.8 Å². The van der Waals surface area contributed by atoms with Crippen LogP contribution in [0.2, 0.25) is 0 Å². The summed E-state index contributed by atoms with van der Waals surface area (Å²) in [7, 11) is 1.68. The number of methoxy groups -OCH3 is 1. The molecule has 1 atom stereocenters. The topological polar surface area (TPSA) is 50.8 Å². The Balaban J connectivity index is 2.19. The monoisotopic (exact) mass is 292 g/mol. The van der Waals surface area contributed by atoms with Crippen LogP contribution in [0.1, 0.15) is 24.9 Å². The molecule has 1 aliphatic rings. The Bertz CT molecular complexity index is 459. The van der Waals surface area contributed by atoms with Crippen molar-refractivity contribution >= 4 is 5.91 Å². The van der Waals surface area contributed by atoms with Crippen molar-refractivity contribution in [3.63, 3.8) is 0 Å². The van der Waals surface area contributed by atoms with E-state index in [-0.39, 0.29) is 11.9 Å². The van der Waals surface area contributed by atoms with Gasteiger partial charge in [0.05, 0.1) is 26.4 Å². The fourth-order valence-electron chi connectivity index (χ4n) is 2.60. The van der Waals surface area contributed by atoms with Crippen LogP contribution in [0.4, 0.5) is 0 Å². The first kappa shape index (κ1) is 15.8. The van der Waals surface area contributed by atoms with Crippen molar-refractivity contribution in [2.45, 2.75) is 19.4 Å². The Labute approximate surface area is 126 Å². The van der Waals surface area contributed by atoms with Gasteiger partial charge in [-0.2, -0.15) is 0 Å². The molecule has 2 rings (SSSR count). The molecule has 1 aromatic rings. The first-order chi connectivity index (χ1) is 10.3. The molecule has 0 radical (unpaired) electrons. The maximum atomic E-state index is 11.6. The van der Waals surface area contributed by atoms with Gasteiger partial charge in [-0.1, -0.05) is 25.1 Å². The van der Waals surface area contributed by atoms with Gasteiger partial charge in [-0.3, -0.25) is 9.69 Å². The van der Waals surface area contributed by atoms with E-state index in [4.69, 9.17) is 9.47 Å². The summed E-state index contributed by atoms with van der Waals surface area (Å²) < 4.78 is 10.9. The lowest BCUT2D eigenvalue weighted by Gasteiger charge is -2.35. The Morgan fingerprint density at radius 3 is 2.76 bits per heavy atom. The summed E-state index contributed by atoms with van der Waals surface area (Å²) in [5.41, 5.74) is 1.11. The fraction of sp³-hybridized carbons (Fsp3) is 0.562. The minimum Gasteiger partial charge on any atom is -0.496 e. The standard InChI is InChI=1S/C16H24N2O3/c1-3-16(19)17-12-14(18-8-10-21-11-9-18)13-6-4-5-7-15(13)20-2/h4-7,14H,3,8-12H2,1-2H3,(H,17,19). The number of ether oxygens (including phenoxy) is 2. The van der Waals surface area contributed by atoms with E-state index in [0.29, 0.717) is 13.0 Å². The zero-order valence-electron chi connectivity index (χ0n) is 12.8. The lowest BCUT2D eigenvalue weighted by molar-refractivity contribution is -0.121. The molecule has 0 bridgehead atoms. The third-order valence-corrected chi connectivity index (χ3v) is 3.80. The molecule has 0 spiro atoms. The Kier molecular flexibility index (Phi) is 6.02. The number of para-hydroxylation sites is 1. The largest absolute Gasteiger partial charge is 0.496 e. The lowest BCUT2D eigenvalue weighted by Crippen LogP contribution is -2.43. The van der Waals surface area contributed by atoms with E-state index in [1.807, 2.05) is 25.1 Å². The maximum absolute atomic E-state index is 11.6. The molecule has 0 saturated carbocycles. The molecule has 1 saturated heterocycles. The predicted molar refractivity (Wildman–Crippen MR) is 81.4 cm³/mol. The number of rotatable bonds is 6. The summed E-state index contributed by atoms with van der Waals surface area (Å²) in [6.07, 6.45) is 0.502. The van der Waals surface area contributed by atoms with E-state index in [2.05, 4.69) is 16.3 Å².